The highest BCUT2D eigenvalue weighted by Gasteiger charge is 2.24. The lowest BCUT2D eigenvalue weighted by atomic mass is 10.2. The molecular weight excluding hydrogens is 468 g/mol. The standard InChI is InChI=1S/C26H23F2N5OS/c27-21-11-5-4-10-20(21)25-29-30-26(33(25)19-8-2-1-3-9-19)35-18-24(34)32-16-14-31(15-17-32)23-13-7-6-12-22(23)28/h1-13H,14-18H2. The number of anilines is 1. The van der Waals surface area contributed by atoms with E-state index in [2.05, 4.69) is 10.2 Å². The molecule has 0 aliphatic carbocycles. The highest BCUT2D eigenvalue weighted by atomic mass is 32.2. The van der Waals surface area contributed by atoms with E-state index in [1.165, 1.54) is 23.9 Å². The number of aromatic nitrogens is 3. The van der Waals surface area contributed by atoms with Gasteiger partial charge >= 0.3 is 0 Å². The van der Waals surface area contributed by atoms with Crippen molar-refractivity contribution >= 4 is 23.4 Å². The SMILES string of the molecule is O=C(CSc1nnc(-c2ccccc2F)n1-c1ccccc1)N1CCN(c2ccccc2F)CC1. The fourth-order valence-corrected chi connectivity index (χ4v) is 4.97. The lowest BCUT2D eigenvalue weighted by Crippen LogP contribution is -2.49. The highest BCUT2D eigenvalue weighted by Crippen LogP contribution is 2.29. The molecule has 2 heterocycles. The first kappa shape index (κ1) is 23.0. The van der Waals surface area contributed by atoms with E-state index in [4.69, 9.17) is 0 Å². The molecule has 0 atom stereocenters. The van der Waals surface area contributed by atoms with Crippen LogP contribution in [0.1, 0.15) is 0 Å². The van der Waals surface area contributed by atoms with Crippen molar-refractivity contribution in [2.24, 2.45) is 0 Å². The first-order valence-corrected chi connectivity index (χ1v) is 12.3. The smallest absolute Gasteiger partial charge is 0.233 e. The zero-order chi connectivity index (χ0) is 24.2. The van der Waals surface area contributed by atoms with E-state index < -0.39 is 5.82 Å². The van der Waals surface area contributed by atoms with Crippen molar-refractivity contribution < 1.29 is 13.6 Å². The number of piperazine rings is 1. The summed E-state index contributed by atoms with van der Waals surface area (Å²) < 4.78 is 30.4. The van der Waals surface area contributed by atoms with Crippen molar-refractivity contribution in [1.82, 2.24) is 19.7 Å². The normalized spacial score (nSPS) is 13.8. The molecule has 9 heteroatoms. The van der Waals surface area contributed by atoms with Gasteiger partial charge in [0.05, 0.1) is 17.0 Å². The van der Waals surface area contributed by atoms with Crippen LogP contribution in [0.15, 0.2) is 84.0 Å². The molecule has 1 saturated heterocycles. The second kappa shape index (κ2) is 10.3. The topological polar surface area (TPSA) is 54.3 Å². The Bertz CT molecular complexity index is 1320. The van der Waals surface area contributed by atoms with Crippen molar-refractivity contribution in [3.05, 3.63) is 90.5 Å². The predicted molar refractivity (Wildman–Crippen MR) is 133 cm³/mol. The Kier molecular flexibility index (Phi) is 6.76. The van der Waals surface area contributed by atoms with E-state index in [-0.39, 0.29) is 17.5 Å². The second-order valence-corrected chi connectivity index (χ2v) is 9.01. The molecule has 0 bridgehead atoms. The van der Waals surface area contributed by atoms with Crippen molar-refractivity contribution in [1.29, 1.82) is 0 Å². The predicted octanol–water partition coefficient (Wildman–Crippen LogP) is 4.65. The van der Waals surface area contributed by atoms with Gasteiger partial charge in [0, 0.05) is 31.9 Å². The van der Waals surface area contributed by atoms with Gasteiger partial charge in [0.25, 0.3) is 0 Å². The molecule has 1 fully saturated rings. The number of thioether (sulfide) groups is 1. The van der Waals surface area contributed by atoms with Crippen LogP contribution in [0.4, 0.5) is 14.5 Å². The van der Waals surface area contributed by atoms with E-state index in [9.17, 15) is 13.6 Å². The van der Waals surface area contributed by atoms with E-state index in [1.54, 1.807) is 39.8 Å². The number of amides is 1. The molecule has 0 spiro atoms. The number of carbonyl (C=O) groups excluding carboxylic acids is 1. The molecule has 1 aromatic heterocycles. The van der Waals surface area contributed by atoms with Crippen molar-refractivity contribution in [2.45, 2.75) is 5.16 Å². The molecule has 6 nitrogen and oxygen atoms in total. The van der Waals surface area contributed by atoms with Crippen molar-refractivity contribution in [3.8, 4) is 17.1 Å². The number of hydrogen-bond acceptors (Lipinski definition) is 5. The molecule has 0 radical (unpaired) electrons. The fourth-order valence-electron chi connectivity index (χ4n) is 4.11. The van der Waals surface area contributed by atoms with Gasteiger partial charge in [0.1, 0.15) is 11.6 Å². The summed E-state index contributed by atoms with van der Waals surface area (Å²) in [4.78, 5) is 16.7. The second-order valence-electron chi connectivity index (χ2n) is 8.06. The van der Waals surface area contributed by atoms with Gasteiger partial charge in [0.15, 0.2) is 11.0 Å². The number of para-hydroxylation sites is 2. The van der Waals surface area contributed by atoms with Gasteiger partial charge < -0.3 is 9.80 Å². The largest absolute Gasteiger partial charge is 0.366 e. The van der Waals surface area contributed by atoms with E-state index in [1.807, 2.05) is 41.3 Å². The van der Waals surface area contributed by atoms with Crippen LogP contribution in [0, 0.1) is 11.6 Å². The molecule has 0 unspecified atom stereocenters. The Hall–Kier alpha value is -3.72. The lowest BCUT2D eigenvalue weighted by molar-refractivity contribution is -0.128. The van der Waals surface area contributed by atoms with Gasteiger partial charge in [-0.15, -0.1) is 10.2 Å². The molecule has 1 amide bonds. The first-order chi connectivity index (χ1) is 17.1. The van der Waals surface area contributed by atoms with E-state index in [0.29, 0.717) is 48.4 Å². The number of rotatable bonds is 6. The van der Waals surface area contributed by atoms with Crippen LogP contribution in [0.2, 0.25) is 0 Å². The minimum atomic E-state index is -0.391. The molecule has 35 heavy (non-hydrogen) atoms. The van der Waals surface area contributed by atoms with Crippen molar-refractivity contribution in [3.63, 3.8) is 0 Å². The van der Waals surface area contributed by atoms with Crippen LogP contribution in [-0.2, 0) is 4.79 Å². The molecule has 4 aromatic rings. The Morgan fingerprint density at radius 3 is 2.17 bits per heavy atom. The van der Waals surface area contributed by atoms with Crippen LogP contribution < -0.4 is 4.90 Å². The van der Waals surface area contributed by atoms with Gasteiger partial charge in [-0.2, -0.15) is 0 Å². The van der Waals surface area contributed by atoms with Gasteiger partial charge in [-0.3, -0.25) is 9.36 Å². The third-order valence-electron chi connectivity index (χ3n) is 5.91. The van der Waals surface area contributed by atoms with Crippen LogP contribution in [0.3, 0.4) is 0 Å². The summed E-state index contributed by atoms with van der Waals surface area (Å²) in [5.41, 5.74) is 1.68. The Balaban J connectivity index is 1.30. The van der Waals surface area contributed by atoms with Crippen molar-refractivity contribution in [2.75, 3.05) is 36.8 Å². The average molecular weight is 492 g/mol. The zero-order valence-corrected chi connectivity index (χ0v) is 19.7. The summed E-state index contributed by atoms with van der Waals surface area (Å²) in [5.74, 6) is -0.130. The number of hydrogen-bond donors (Lipinski definition) is 0. The summed E-state index contributed by atoms with van der Waals surface area (Å²) in [7, 11) is 0. The summed E-state index contributed by atoms with van der Waals surface area (Å²) in [5, 5.41) is 9.04. The third-order valence-corrected chi connectivity index (χ3v) is 6.83. The molecule has 178 valence electrons. The number of carbonyl (C=O) groups is 1. The van der Waals surface area contributed by atoms with Gasteiger partial charge in [-0.25, -0.2) is 8.78 Å². The molecule has 3 aromatic carbocycles. The monoisotopic (exact) mass is 491 g/mol. The molecule has 1 aliphatic rings. The summed E-state index contributed by atoms with van der Waals surface area (Å²) in [6.07, 6.45) is 0. The maximum Gasteiger partial charge on any atom is 0.233 e. The fraction of sp³-hybridized carbons (Fsp3) is 0.192. The molecule has 5 rings (SSSR count). The molecule has 0 saturated carbocycles. The Morgan fingerprint density at radius 1 is 0.800 bits per heavy atom. The number of halogens is 2. The average Bonchev–Trinajstić information content (AvgIpc) is 3.32. The minimum Gasteiger partial charge on any atom is -0.366 e. The number of benzene rings is 3. The third kappa shape index (κ3) is 4.90. The lowest BCUT2D eigenvalue weighted by Gasteiger charge is -2.36. The molecular formula is C26H23F2N5OS. The van der Waals surface area contributed by atoms with E-state index >= 15 is 0 Å². The number of nitrogens with zero attached hydrogens (tertiary/aromatic N) is 5. The zero-order valence-electron chi connectivity index (χ0n) is 18.8. The quantitative estimate of drug-likeness (QED) is 0.368. The van der Waals surface area contributed by atoms with Crippen LogP contribution in [-0.4, -0.2) is 57.5 Å². The van der Waals surface area contributed by atoms with Crippen LogP contribution >= 0.6 is 11.8 Å². The van der Waals surface area contributed by atoms with Gasteiger partial charge in [-0.1, -0.05) is 54.2 Å². The maximum absolute atomic E-state index is 14.5. The maximum atomic E-state index is 14.5. The summed E-state index contributed by atoms with van der Waals surface area (Å²) in [6.45, 7) is 2.16. The summed E-state index contributed by atoms with van der Waals surface area (Å²) >= 11 is 1.27. The highest BCUT2D eigenvalue weighted by molar-refractivity contribution is 7.99. The first-order valence-electron chi connectivity index (χ1n) is 11.3. The van der Waals surface area contributed by atoms with Gasteiger partial charge in [-0.05, 0) is 36.4 Å². The van der Waals surface area contributed by atoms with Crippen LogP contribution in [0.5, 0.6) is 0 Å². The molecule has 1 aliphatic heterocycles. The van der Waals surface area contributed by atoms with Gasteiger partial charge in [0.2, 0.25) is 5.91 Å². The molecule has 0 N–H and O–H groups in total. The minimum absolute atomic E-state index is 0.0294. The Morgan fingerprint density at radius 2 is 1.46 bits per heavy atom. The van der Waals surface area contributed by atoms with Crippen LogP contribution in [0.25, 0.3) is 17.1 Å². The Labute approximate surface area is 206 Å². The summed E-state index contributed by atoms with van der Waals surface area (Å²) in [6, 6.07) is 22.5. The van der Waals surface area contributed by atoms with E-state index in [0.717, 1.165) is 5.69 Å².